The second-order valence-corrected chi connectivity index (χ2v) is 6.51. The van der Waals surface area contributed by atoms with Crippen molar-refractivity contribution in [3.63, 3.8) is 0 Å². The molecule has 4 heteroatoms. The Morgan fingerprint density at radius 2 is 1.95 bits per heavy atom. The van der Waals surface area contributed by atoms with Crippen molar-refractivity contribution in [2.24, 2.45) is 17.6 Å². The predicted molar refractivity (Wildman–Crippen MR) is 84.6 cm³/mol. The predicted octanol–water partition coefficient (Wildman–Crippen LogP) is 3.48. The smallest absolute Gasteiger partial charge is 0.135 e. The van der Waals surface area contributed by atoms with Gasteiger partial charge in [-0.05, 0) is 42.9 Å². The Kier molecular flexibility index (Phi) is 3.92. The van der Waals surface area contributed by atoms with Crippen molar-refractivity contribution in [3.8, 4) is 0 Å². The molecule has 1 heterocycles. The van der Waals surface area contributed by atoms with E-state index in [4.69, 9.17) is 18.0 Å². The van der Waals surface area contributed by atoms with Crippen LogP contribution in [0.2, 0.25) is 0 Å². The molecule has 1 aromatic carbocycles. The first-order valence-electron chi connectivity index (χ1n) is 7.49. The molecule has 3 rings (SSSR count). The molecule has 2 aliphatic rings. The third kappa shape index (κ3) is 2.66. The summed E-state index contributed by atoms with van der Waals surface area (Å²) in [5.41, 5.74) is 6.82. The number of fused-ring (bicyclic) bond motifs is 1. The van der Waals surface area contributed by atoms with Crippen LogP contribution in [0, 0.1) is 17.7 Å². The van der Waals surface area contributed by atoms with Gasteiger partial charge in [-0.2, -0.15) is 0 Å². The summed E-state index contributed by atoms with van der Waals surface area (Å²) in [6, 6.07) is 5.23. The molecule has 1 saturated carbocycles. The summed E-state index contributed by atoms with van der Waals surface area (Å²) in [6.45, 7) is 2.10. The Balaban J connectivity index is 1.76. The number of hydrogen-bond acceptors (Lipinski definition) is 2. The number of thiocarbonyl (C=S) groups is 1. The van der Waals surface area contributed by atoms with Crippen LogP contribution in [0.1, 0.15) is 37.7 Å². The van der Waals surface area contributed by atoms with Gasteiger partial charge in [0.15, 0.2) is 0 Å². The summed E-state index contributed by atoms with van der Waals surface area (Å²) in [7, 11) is 0. The molecular weight excluding hydrogens is 271 g/mol. The minimum absolute atomic E-state index is 0.125. The molecule has 2 atom stereocenters. The van der Waals surface area contributed by atoms with Gasteiger partial charge in [-0.15, -0.1) is 0 Å². The van der Waals surface area contributed by atoms with Gasteiger partial charge >= 0.3 is 0 Å². The Bertz CT molecular complexity index is 517. The number of nitrogens with two attached hydrogens (primary N) is 1. The van der Waals surface area contributed by atoms with E-state index >= 15 is 0 Å². The van der Waals surface area contributed by atoms with Crippen LogP contribution in [0.15, 0.2) is 18.2 Å². The lowest BCUT2D eigenvalue weighted by Crippen LogP contribution is -2.41. The van der Waals surface area contributed by atoms with Gasteiger partial charge in [-0.3, -0.25) is 0 Å². The van der Waals surface area contributed by atoms with E-state index in [2.05, 4.69) is 4.90 Å². The van der Waals surface area contributed by atoms with Crippen molar-refractivity contribution in [1.29, 1.82) is 0 Å². The fraction of sp³-hybridized carbons (Fsp3) is 0.562. The lowest BCUT2D eigenvalue weighted by molar-refractivity contribution is 0.202. The maximum atomic E-state index is 14.0. The van der Waals surface area contributed by atoms with Crippen molar-refractivity contribution < 1.29 is 4.39 Å². The zero-order chi connectivity index (χ0) is 14.1. The van der Waals surface area contributed by atoms with Crippen molar-refractivity contribution in [3.05, 3.63) is 29.6 Å². The Morgan fingerprint density at radius 3 is 2.65 bits per heavy atom. The van der Waals surface area contributed by atoms with Gasteiger partial charge in [0.05, 0.1) is 0 Å². The molecule has 1 aliphatic carbocycles. The third-order valence-electron chi connectivity index (χ3n) is 4.87. The van der Waals surface area contributed by atoms with Crippen LogP contribution in [-0.2, 0) is 0 Å². The van der Waals surface area contributed by atoms with Gasteiger partial charge in [0.1, 0.15) is 10.8 Å². The van der Waals surface area contributed by atoms with E-state index in [1.807, 2.05) is 6.07 Å². The monoisotopic (exact) mass is 292 g/mol. The molecule has 0 aromatic heterocycles. The fourth-order valence-electron chi connectivity index (χ4n) is 3.74. The van der Waals surface area contributed by atoms with Crippen LogP contribution in [0.4, 0.5) is 10.1 Å². The number of nitrogens with zero attached hydrogens (tertiary/aromatic N) is 1. The Labute approximate surface area is 125 Å². The molecule has 2 unspecified atom stereocenters. The largest absolute Gasteiger partial charge is 0.389 e. The normalized spacial score (nSPS) is 26.1. The topological polar surface area (TPSA) is 29.3 Å². The lowest BCUT2D eigenvalue weighted by atomic mass is 9.75. The number of halogens is 1. The second kappa shape index (κ2) is 5.68. The summed E-state index contributed by atoms with van der Waals surface area (Å²) >= 11 is 4.85. The van der Waals surface area contributed by atoms with Crippen LogP contribution in [-0.4, -0.2) is 18.1 Å². The third-order valence-corrected chi connectivity index (χ3v) is 5.09. The number of anilines is 1. The zero-order valence-corrected chi connectivity index (χ0v) is 12.5. The van der Waals surface area contributed by atoms with E-state index in [9.17, 15) is 4.39 Å². The van der Waals surface area contributed by atoms with Crippen molar-refractivity contribution in [2.75, 3.05) is 18.0 Å². The minimum atomic E-state index is -0.305. The molecule has 0 spiro atoms. The average Bonchev–Trinajstić information content (AvgIpc) is 2.46. The highest BCUT2D eigenvalue weighted by molar-refractivity contribution is 7.80. The van der Waals surface area contributed by atoms with Gasteiger partial charge in [0.2, 0.25) is 0 Å². The van der Waals surface area contributed by atoms with E-state index in [1.165, 1.54) is 32.1 Å². The number of piperidine rings is 1. The van der Waals surface area contributed by atoms with E-state index < -0.39 is 0 Å². The molecular formula is C16H21FN2S. The summed E-state index contributed by atoms with van der Waals surface area (Å²) in [5.74, 6) is 1.37. The first-order chi connectivity index (χ1) is 9.65. The standard InChI is InChI=1S/C16H21FN2S/c17-15-9-13(5-6-14(15)16(18)20)19-8-7-11-3-1-2-4-12(11)10-19/h5-6,9,11-12H,1-4,7-8,10H2,(H2,18,20). The zero-order valence-electron chi connectivity index (χ0n) is 11.6. The molecule has 2 fully saturated rings. The van der Waals surface area contributed by atoms with Crippen LogP contribution in [0.3, 0.4) is 0 Å². The minimum Gasteiger partial charge on any atom is -0.389 e. The van der Waals surface area contributed by atoms with E-state index in [1.54, 1.807) is 12.1 Å². The van der Waals surface area contributed by atoms with Crippen molar-refractivity contribution in [1.82, 2.24) is 0 Å². The Morgan fingerprint density at radius 1 is 1.20 bits per heavy atom. The molecule has 0 radical (unpaired) electrons. The second-order valence-electron chi connectivity index (χ2n) is 6.07. The highest BCUT2D eigenvalue weighted by Crippen LogP contribution is 2.37. The number of benzene rings is 1. The van der Waals surface area contributed by atoms with E-state index in [0.717, 1.165) is 30.6 Å². The van der Waals surface area contributed by atoms with Crippen molar-refractivity contribution in [2.45, 2.75) is 32.1 Å². The molecule has 108 valence electrons. The van der Waals surface area contributed by atoms with Crippen LogP contribution < -0.4 is 10.6 Å². The molecule has 1 aliphatic heterocycles. The van der Waals surface area contributed by atoms with Crippen molar-refractivity contribution >= 4 is 22.9 Å². The Hall–Kier alpha value is -1.16. The highest BCUT2D eigenvalue weighted by Gasteiger charge is 2.31. The summed E-state index contributed by atoms with van der Waals surface area (Å²) in [6.07, 6.45) is 6.69. The maximum Gasteiger partial charge on any atom is 0.135 e. The van der Waals surface area contributed by atoms with Crippen LogP contribution in [0.25, 0.3) is 0 Å². The molecule has 0 bridgehead atoms. The van der Waals surface area contributed by atoms with E-state index in [-0.39, 0.29) is 10.8 Å². The molecule has 0 amide bonds. The average molecular weight is 292 g/mol. The SMILES string of the molecule is NC(=S)c1ccc(N2CCC3CCCCC3C2)cc1F. The molecule has 1 saturated heterocycles. The summed E-state index contributed by atoms with van der Waals surface area (Å²) in [4.78, 5) is 2.44. The molecule has 2 nitrogen and oxygen atoms in total. The molecule has 1 aromatic rings. The van der Waals surface area contributed by atoms with Gasteiger partial charge in [0.25, 0.3) is 0 Å². The maximum absolute atomic E-state index is 14.0. The van der Waals surface area contributed by atoms with Crippen LogP contribution in [0.5, 0.6) is 0 Å². The highest BCUT2D eigenvalue weighted by atomic mass is 32.1. The van der Waals surface area contributed by atoms with Crippen LogP contribution >= 0.6 is 12.2 Å². The van der Waals surface area contributed by atoms with Gasteiger partial charge < -0.3 is 10.6 Å². The van der Waals surface area contributed by atoms with Gasteiger partial charge in [0, 0.05) is 24.3 Å². The first kappa shape index (κ1) is 13.8. The quantitative estimate of drug-likeness (QED) is 0.846. The molecule has 20 heavy (non-hydrogen) atoms. The van der Waals surface area contributed by atoms with E-state index in [0.29, 0.717) is 5.56 Å². The summed E-state index contributed by atoms with van der Waals surface area (Å²) in [5, 5.41) is 0. The van der Waals surface area contributed by atoms with Gasteiger partial charge in [-0.1, -0.05) is 31.5 Å². The lowest BCUT2D eigenvalue weighted by Gasteiger charge is -2.42. The molecule has 2 N–H and O–H groups in total. The summed E-state index contributed by atoms with van der Waals surface area (Å²) < 4.78 is 14.0. The van der Waals surface area contributed by atoms with Gasteiger partial charge in [-0.25, -0.2) is 4.39 Å². The number of rotatable bonds is 2. The number of hydrogen-bond donors (Lipinski definition) is 1. The first-order valence-corrected chi connectivity index (χ1v) is 7.90. The fourth-order valence-corrected chi connectivity index (χ4v) is 3.90.